The van der Waals surface area contributed by atoms with Crippen LogP contribution in [0.5, 0.6) is 0 Å². The van der Waals surface area contributed by atoms with Gasteiger partial charge >= 0.3 is 0 Å². The van der Waals surface area contributed by atoms with Crippen molar-refractivity contribution in [2.24, 2.45) is 0 Å². The second-order valence-corrected chi connectivity index (χ2v) is 9.20. The molecular weight excluding hydrogens is 448 g/mol. The van der Waals surface area contributed by atoms with Crippen LogP contribution < -0.4 is 5.32 Å². The summed E-state index contributed by atoms with van der Waals surface area (Å²) in [5, 5.41) is 17.7. The van der Waals surface area contributed by atoms with Gasteiger partial charge in [-0.3, -0.25) is 19.6 Å². The van der Waals surface area contributed by atoms with Crippen molar-refractivity contribution >= 4 is 23.4 Å². The molecule has 172 valence electrons. The molecule has 1 unspecified atom stereocenters. The van der Waals surface area contributed by atoms with Gasteiger partial charge in [-0.05, 0) is 47.4 Å². The van der Waals surface area contributed by atoms with Crippen molar-refractivity contribution in [2.45, 2.75) is 30.2 Å². The van der Waals surface area contributed by atoms with E-state index < -0.39 is 4.92 Å². The van der Waals surface area contributed by atoms with Crippen LogP contribution in [0, 0.1) is 10.1 Å². The van der Waals surface area contributed by atoms with E-state index in [9.17, 15) is 14.9 Å². The summed E-state index contributed by atoms with van der Waals surface area (Å²) in [4.78, 5) is 23.9. The van der Waals surface area contributed by atoms with Crippen molar-refractivity contribution in [1.82, 2.24) is 15.1 Å². The first-order valence-electron chi connectivity index (χ1n) is 10.8. The fourth-order valence-electron chi connectivity index (χ4n) is 3.56. The quantitative estimate of drug-likeness (QED) is 0.203. The predicted octanol–water partition coefficient (Wildman–Crippen LogP) is 5.30. The number of rotatable bonds is 9. The molecule has 1 amide bonds. The molecule has 0 saturated carbocycles. The third-order valence-corrected chi connectivity index (χ3v) is 6.48. The van der Waals surface area contributed by atoms with Crippen LogP contribution in [-0.2, 0) is 17.9 Å². The van der Waals surface area contributed by atoms with Crippen LogP contribution in [0.3, 0.4) is 0 Å². The molecule has 0 radical (unpaired) electrons. The number of benzene rings is 3. The maximum Gasteiger partial charge on any atom is 0.269 e. The molecule has 0 saturated heterocycles. The van der Waals surface area contributed by atoms with Gasteiger partial charge in [-0.1, -0.05) is 48.5 Å². The molecule has 0 fully saturated rings. The van der Waals surface area contributed by atoms with Gasteiger partial charge in [0.25, 0.3) is 5.69 Å². The molecule has 0 aliphatic heterocycles. The third kappa shape index (κ3) is 5.90. The van der Waals surface area contributed by atoms with Gasteiger partial charge in [0.1, 0.15) is 0 Å². The lowest BCUT2D eigenvalue weighted by Crippen LogP contribution is -2.30. The molecule has 0 spiro atoms. The molecule has 1 atom stereocenters. The minimum absolute atomic E-state index is 0.0347. The van der Waals surface area contributed by atoms with Gasteiger partial charge in [-0.25, -0.2) is 0 Å². The molecule has 0 aliphatic carbocycles. The first-order valence-corrected chi connectivity index (χ1v) is 11.7. The summed E-state index contributed by atoms with van der Waals surface area (Å²) in [6.07, 6.45) is 3.71. The van der Waals surface area contributed by atoms with E-state index in [1.54, 1.807) is 18.3 Å². The molecule has 4 aromatic rings. The second kappa shape index (κ2) is 10.8. The van der Waals surface area contributed by atoms with Crippen LogP contribution in [0.4, 0.5) is 5.69 Å². The maximum atomic E-state index is 12.7. The van der Waals surface area contributed by atoms with Crippen LogP contribution in [0.15, 0.2) is 96.2 Å². The molecule has 8 heteroatoms. The zero-order valence-corrected chi connectivity index (χ0v) is 19.4. The highest BCUT2D eigenvalue weighted by Gasteiger charge is 2.16. The summed E-state index contributed by atoms with van der Waals surface area (Å²) < 4.78 is 1.88. The van der Waals surface area contributed by atoms with Crippen LogP contribution >= 0.6 is 11.8 Å². The van der Waals surface area contributed by atoms with E-state index in [-0.39, 0.29) is 16.8 Å². The number of amides is 1. The number of non-ortho nitro benzene ring substituents is 1. The minimum Gasteiger partial charge on any atom is -0.351 e. The smallest absolute Gasteiger partial charge is 0.269 e. The molecular formula is C26H24N4O3S. The summed E-state index contributed by atoms with van der Waals surface area (Å²) in [5.41, 5.74) is 4.39. The Morgan fingerprint density at radius 3 is 2.47 bits per heavy atom. The van der Waals surface area contributed by atoms with Crippen LogP contribution in [0.2, 0.25) is 0 Å². The number of carbonyl (C=O) groups excluding carboxylic acids is 1. The van der Waals surface area contributed by atoms with E-state index >= 15 is 0 Å². The molecule has 3 aromatic carbocycles. The van der Waals surface area contributed by atoms with Gasteiger partial charge in [0, 0.05) is 36.0 Å². The molecule has 0 bridgehead atoms. The monoisotopic (exact) mass is 472 g/mol. The van der Waals surface area contributed by atoms with Crippen molar-refractivity contribution < 1.29 is 9.72 Å². The van der Waals surface area contributed by atoms with Gasteiger partial charge in [0.2, 0.25) is 5.91 Å². The number of carbonyl (C=O) groups is 1. The van der Waals surface area contributed by atoms with Crippen molar-refractivity contribution in [3.63, 3.8) is 0 Å². The predicted molar refractivity (Wildman–Crippen MR) is 133 cm³/mol. The largest absolute Gasteiger partial charge is 0.351 e. The van der Waals surface area contributed by atoms with E-state index in [4.69, 9.17) is 0 Å². The summed E-state index contributed by atoms with van der Waals surface area (Å²) >= 11 is 1.37. The van der Waals surface area contributed by atoms with Gasteiger partial charge in [0.15, 0.2) is 0 Å². The lowest BCUT2D eigenvalue weighted by Gasteiger charge is -2.14. The van der Waals surface area contributed by atoms with Crippen molar-refractivity contribution in [3.05, 3.63) is 112 Å². The van der Waals surface area contributed by atoms with Crippen LogP contribution in [-0.4, -0.2) is 25.9 Å². The Morgan fingerprint density at radius 1 is 1.06 bits per heavy atom. The van der Waals surface area contributed by atoms with Gasteiger partial charge < -0.3 is 5.32 Å². The number of nitrogens with one attached hydrogen (secondary N) is 1. The lowest BCUT2D eigenvalue weighted by molar-refractivity contribution is -0.384. The summed E-state index contributed by atoms with van der Waals surface area (Å²) in [6, 6.07) is 24.5. The molecule has 1 N–H and O–H groups in total. The molecule has 4 rings (SSSR count). The normalized spacial score (nSPS) is 11.7. The summed E-state index contributed by atoms with van der Waals surface area (Å²) in [6.45, 7) is 2.95. The number of nitro benzene ring substituents is 1. The zero-order valence-electron chi connectivity index (χ0n) is 18.6. The number of hydrogen-bond acceptors (Lipinski definition) is 5. The molecule has 1 heterocycles. The Hall–Kier alpha value is -3.91. The Labute approximate surface area is 202 Å². The van der Waals surface area contributed by atoms with Gasteiger partial charge in [-0.15, -0.1) is 11.8 Å². The fourth-order valence-corrected chi connectivity index (χ4v) is 4.45. The Kier molecular flexibility index (Phi) is 7.39. The SMILES string of the molecule is CC(Sc1ccc([N+](=O)[O-])cc1)C(=O)NCc1ccccc1-c1ccc(Cn2cccn2)cc1. The minimum atomic E-state index is -0.435. The Balaban J connectivity index is 1.38. The van der Waals surface area contributed by atoms with Gasteiger partial charge in [0.05, 0.1) is 16.7 Å². The van der Waals surface area contributed by atoms with E-state index in [0.717, 1.165) is 33.7 Å². The van der Waals surface area contributed by atoms with E-state index in [1.807, 2.05) is 42.1 Å². The maximum absolute atomic E-state index is 12.7. The van der Waals surface area contributed by atoms with Crippen LogP contribution in [0.25, 0.3) is 11.1 Å². The van der Waals surface area contributed by atoms with Gasteiger partial charge in [-0.2, -0.15) is 5.10 Å². The topological polar surface area (TPSA) is 90.1 Å². The first kappa shape index (κ1) is 23.3. The van der Waals surface area contributed by atoms with E-state index in [2.05, 4.69) is 40.7 Å². The Morgan fingerprint density at radius 2 is 1.79 bits per heavy atom. The summed E-state index contributed by atoms with van der Waals surface area (Å²) in [7, 11) is 0. The number of thioether (sulfide) groups is 1. The third-order valence-electron chi connectivity index (χ3n) is 5.37. The molecule has 1 aromatic heterocycles. The number of aromatic nitrogens is 2. The van der Waals surface area contributed by atoms with Crippen LogP contribution in [0.1, 0.15) is 18.1 Å². The number of nitro groups is 1. The standard InChI is InChI=1S/C26H24N4O3S/c1-19(34-24-13-11-23(12-14-24)30(32)33)26(31)27-17-22-5-2-3-6-25(22)21-9-7-20(8-10-21)18-29-16-4-15-28-29/h2-16,19H,17-18H2,1H3,(H,27,31). The summed E-state index contributed by atoms with van der Waals surface area (Å²) in [5.74, 6) is -0.0901. The van der Waals surface area contributed by atoms with Crippen molar-refractivity contribution in [3.8, 4) is 11.1 Å². The Bertz CT molecular complexity index is 1260. The van der Waals surface area contributed by atoms with E-state index in [1.165, 1.54) is 23.9 Å². The second-order valence-electron chi connectivity index (χ2n) is 7.79. The molecule has 34 heavy (non-hydrogen) atoms. The number of hydrogen-bond donors (Lipinski definition) is 1. The molecule has 7 nitrogen and oxygen atoms in total. The average molecular weight is 473 g/mol. The average Bonchev–Trinajstić information content (AvgIpc) is 3.36. The lowest BCUT2D eigenvalue weighted by atomic mass is 9.98. The molecule has 0 aliphatic rings. The highest BCUT2D eigenvalue weighted by molar-refractivity contribution is 8.00. The number of nitrogens with zero attached hydrogens (tertiary/aromatic N) is 3. The highest BCUT2D eigenvalue weighted by Crippen LogP contribution is 2.27. The first-order chi connectivity index (χ1) is 16.5. The fraction of sp³-hybridized carbons (Fsp3) is 0.154. The van der Waals surface area contributed by atoms with Crippen molar-refractivity contribution in [1.29, 1.82) is 0 Å². The highest BCUT2D eigenvalue weighted by atomic mass is 32.2. The zero-order chi connectivity index (χ0) is 23.9. The van der Waals surface area contributed by atoms with E-state index in [0.29, 0.717) is 6.54 Å². The van der Waals surface area contributed by atoms with Crippen molar-refractivity contribution in [2.75, 3.05) is 0 Å².